The van der Waals surface area contributed by atoms with Gasteiger partial charge in [-0.2, -0.15) is 0 Å². The number of nitrogens with zero attached hydrogens (tertiary/aromatic N) is 2. The molecule has 2 aromatic carbocycles. The number of aromatic carboxylic acids is 1. The van der Waals surface area contributed by atoms with Gasteiger partial charge >= 0.3 is 0 Å². The van der Waals surface area contributed by atoms with Crippen LogP contribution in [0.2, 0.25) is 0 Å². The third-order valence-electron chi connectivity index (χ3n) is 3.32. The molecule has 0 amide bonds. The Kier molecular flexibility index (Phi) is 3.77. The van der Waals surface area contributed by atoms with Crippen molar-refractivity contribution < 1.29 is 9.90 Å². The lowest BCUT2D eigenvalue weighted by Crippen LogP contribution is -2.22. The molecule has 0 unspecified atom stereocenters. The lowest BCUT2D eigenvalue weighted by molar-refractivity contribution is -0.255. The third-order valence-corrected chi connectivity index (χ3v) is 3.82. The molecular formula is C16H11BrN3O2-. The minimum Gasteiger partial charge on any atom is -0.545 e. The number of hydrogen-bond donors (Lipinski definition) is 1. The van der Waals surface area contributed by atoms with Crippen LogP contribution in [0.1, 0.15) is 15.9 Å². The van der Waals surface area contributed by atoms with Gasteiger partial charge in [-0.3, -0.25) is 0 Å². The molecule has 6 heteroatoms. The topological polar surface area (TPSA) is 77.9 Å². The number of carboxylic acids is 1. The molecule has 5 nitrogen and oxygen atoms in total. The van der Waals surface area contributed by atoms with E-state index in [2.05, 4.69) is 31.2 Å². The van der Waals surface area contributed by atoms with Gasteiger partial charge in [0.05, 0.1) is 11.5 Å². The first kappa shape index (κ1) is 14.5. The standard InChI is InChI=1S/C16H12BrN3O2/c1-9-2-3-10(16(21)22)6-14(9)20-15-12-7-11(17)4-5-13(12)18-8-19-15/h2-8H,1H3,(H,21,22)(H,18,19,20)/p-1. The Morgan fingerprint density at radius 3 is 2.77 bits per heavy atom. The SMILES string of the molecule is Cc1ccc(C(=O)[O-])cc1Nc1ncnc2ccc(Br)cc12. The van der Waals surface area contributed by atoms with Crippen molar-refractivity contribution in [3.63, 3.8) is 0 Å². The van der Waals surface area contributed by atoms with E-state index in [1.165, 1.54) is 18.5 Å². The lowest BCUT2D eigenvalue weighted by Gasteiger charge is -2.13. The maximum Gasteiger partial charge on any atom is 0.141 e. The van der Waals surface area contributed by atoms with Crippen molar-refractivity contribution in [1.82, 2.24) is 9.97 Å². The number of aryl methyl sites for hydroxylation is 1. The van der Waals surface area contributed by atoms with Crippen molar-refractivity contribution in [3.05, 3.63) is 58.3 Å². The number of carbonyl (C=O) groups is 1. The molecule has 0 saturated heterocycles. The number of carbonyl (C=O) groups excluding carboxylic acids is 1. The molecular weight excluding hydrogens is 346 g/mol. The van der Waals surface area contributed by atoms with Crippen LogP contribution in [-0.4, -0.2) is 15.9 Å². The number of benzene rings is 2. The van der Waals surface area contributed by atoms with Crippen molar-refractivity contribution in [3.8, 4) is 0 Å². The number of anilines is 2. The lowest BCUT2D eigenvalue weighted by atomic mass is 10.1. The van der Waals surface area contributed by atoms with Crippen LogP contribution < -0.4 is 10.4 Å². The highest BCUT2D eigenvalue weighted by atomic mass is 79.9. The molecule has 0 fully saturated rings. The van der Waals surface area contributed by atoms with Gasteiger partial charge in [-0.05, 0) is 42.3 Å². The third kappa shape index (κ3) is 2.78. The van der Waals surface area contributed by atoms with Crippen LogP contribution >= 0.6 is 15.9 Å². The van der Waals surface area contributed by atoms with Gasteiger partial charge < -0.3 is 15.2 Å². The van der Waals surface area contributed by atoms with Gasteiger partial charge in [0.15, 0.2) is 0 Å². The van der Waals surface area contributed by atoms with E-state index in [0.29, 0.717) is 11.5 Å². The van der Waals surface area contributed by atoms with Crippen LogP contribution in [0, 0.1) is 6.92 Å². The summed E-state index contributed by atoms with van der Waals surface area (Å²) in [5, 5.41) is 15.0. The minimum absolute atomic E-state index is 0.118. The molecule has 0 bridgehead atoms. The quantitative estimate of drug-likeness (QED) is 0.780. The first-order chi connectivity index (χ1) is 10.5. The zero-order valence-electron chi connectivity index (χ0n) is 11.6. The van der Waals surface area contributed by atoms with Crippen molar-refractivity contribution in [2.75, 3.05) is 5.32 Å². The molecule has 0 spiro atoms. The Morgan fingerprint density at radius 2 is 2.00 bits per heavy atom. The van der Waals surface area contributed by atoms with E-state index in [1.54, 1.807) is 6.07 Å². The van der Waals surface area contributed by atoms with Gasteiger partial charge in [0.25, 0.3) is 0 Å². The molecule has 0 radical (unpaired) electrons. The summed E-state index contributed by atoms with van der Waals surface area (Å²) in [4.78, 5) is 19.5. The van der Waals surface area contributed by atoms with Gasteiger partial charge in [0, 0.05) is 15.5 Å². The summed E-state index contributed by atoms with van der Waals surface area (Å²) in [6.07, 6.45) is 1.47. The first-order valence-corrected chi connectivity index (χ1v) is 7.33. The molecule has 1 heterocycles. The van der Waals surface area contributed by atoms with Crippen LogP contribution in [0.3, 0.4) is 0 Å². The van der Waals surface area contributed by atoms with Crippen molar-refractivity contribution in [1.29, 1.82) is 0 Å². The molecule has 3 rings (SSSR count). The summed E-state index contributed by atoms with van der Waals surface area (Å²) in [7, 11) is 0. The molecule has 0 saturated carbocycles. The Hall–Kier alpha value is -2.47. The summed E-state index contributed by atoms with van der Waals surface area (Å²) in [5.74, 6) is -0.594. The Labute approximate surface area is 135 Å². The second-order valence-corrected chi connectivity index (χ2v) is 5.74. The number of carboxylic acid groups (broad SMARTS) is 1. The molecule has 0 aliphatic carbocycles. The summed E-state index contributed by atoms with van der Waals surface area (Å²) < 4.78 is 0.915. The largest absolute Gasteiger partial charge is 0.545 e. The highest BCUT2D eigenvalue weighted by Gasteiger charge is 2.07. The van der Waals surface area contributed by atoms with E-state index in [9.17, 15) is 9.90 Å². The molecule has 3 aromatic rings. The average molecular weight is 357 g/mol. The number of hydrogen-bond acceptors (Lipinski definition) is 5. The zero-order chi connectivity index (χ0) is 15.7. The number of halogens is 1. The summed E-state index contributed by atoms with van der Waals surface area (Å²) in [6, 6.07) is 10.5. The maximum atomic E-state index is 11.0. The number of rotatable bonds is 3. The van der Waals surface area contributed by atoms with Gasteiger partial charge in [-0.1, -0.05) is 28.1 Å². The number of aromatic nitrogens is 2. The van der Waals surface area contributed by atoms with E-state index < -0.39 is 5.97 Å². The fraction of sp³-hybridized carbons (Fsp3) is 0.0625. The molecule has 0 atom stereocenters. The van der Waals surface area contributed by atoms with Gasteiger partial charge in [0.1, 0.15) is 12.1 Å². The maximum absolute atomic E-state index is 11.0. The Balaban J connectivity index is 2.09. The van der Waals surface area contributed by atoms with Crippen molar-refractivity contribution >= 4 is 44.3 Å². The summed E-state index contributed by atoms with van der Waals surface area (Å²) in [5.41, 5.74) is 2.50. The molecule has 110 valence electrons. The Morgan fingerprint density at radius 1 is 1.18 bits per heavy atom. The molecule has 1 aromatic heterocycles. The van der Waals surface area contributed by atoms with E-state index in [1.807, 2.05) is 25.1 Å². The van der Waals surface area contributed by atoms with Crippen LogP contribution in [0.4, 0.5) is 11.5 Å². The fourth-order valence-electron chi connectivity index (χ4n) is 2.14. The average Bonchev–Trinajstić information content (AvgIpc) is 2.49. The van der Waals surface area contributed by atoms with E-state index >= 15 is 0 Å². The predicted octanol–water partition coefficient (Wildman–Crippen LogP) is 2.81. The van der Waals surface area contributed by atoms with Crippen LogP contribution in [-0.2, 0) is 0 Å². The van der Waals surface area contributed by atoms with E-state index in [0.717, 1.165) is 20.9 Å². The van der Waals surface area contributed by atoms with E-state index in [-0.39, 0.29) is 5.56 Å². The second-order valence-electron chi connectivity index (χ2n) is 4.83. The number of nitrogens with one attached hydrogen (secondary N) is 1. The van der Waals surface area contributed by atoms with Gasteiger partial charge in [0.2, 0.25) is 0 Å². The van der Waals surface area contributed by atoms with Gasteiger partial charge in [-0.25, -0.2) is 9.97 Å². The van der Waals surface area contributed by atoms with Crippen LogP contribution in [0.15, 0.2) is 47.2 Å². The molecule has 1 N–H and O–H groups in total. The smallest absolute Gasteiger partial charge is 0.141 e. The van der Waals surface area contributed by atoms with Gasteiger partial charge in [-0.15, -0.1) is 0 Å². The summed E-state index contributed by atoms with van der Waals surface area (Å²) >= 11 is 3.43. The monoisotopic (exact) mass is 356 g/mol. The Bertz CT molecular complexity index is 880. The highest BCUT2D eigenvalue weighted by molar-refractivity contribution is 9.10. The van der Waals surface area contributed by atoms with Crippen molar-refractivity contribution in [2.45, 2.75) is 6.92 Å². The molecule has 0 aliphatic rings. The molecule has 0 aliphatic heterocycles. The molecule has 22 heavy (non-hydrogen) atoms. The fourth-order valence-corrected chi connectivity index (χ4v) is 2.50. The van der Waals surface area contributed by atoms with Crippen molar-refractivity contribution in [2.24, 2.45) is 0 Å². The first-order valence-electron chi connectivity index (χ1n) is 6.54. The number of fused-ring (bicyclic) bond motifs is 1. The minimum atomic E-state index is -1.21. The van der Waals surface area contributed by atoms with Crippen LogP contribution in [0.5, 0.6) is 0 Å². The summed E-state index contributed by atoms with van der Waals surface area (Å²) in [6.45, 7) is 1.89. The second kappa shape index (κ2) is 5.73. The highest BCUT2D eigenvalue weighted by Crippen LogP contribution is 2.27. The van der Waals surface area contributed by atoms with E-state index in [4.69, 9.17) is 0 Å². The predicted molar refractivity (Wildman–Crippen MR) is 86.0 cm³/mol. The normalized spacial score (nSPS) is 10.6. The van der Waals surface area contributed by atoms with Crippen LogP contribution in [0.25, 0.3) is 10.9 Å². The zero-order valence-corrected chi connectivity index (χ0v) is 13.2.